The zero-order valence-corrected chi connectivity index (χ0v) is 16.8. The predicted molar refractivity (Wildman–Crippen MR) is 105 cm³/mol. The summed E-state index contributed by atoms with van der Waals surface area (Å²) in [4.78, 5) is 11.9. The van der Waals surface area contributed by atoms with Gasteiger partial charge < -0.3 is 14.2 Å². The fourth-order valence-corrected chi connectivity index (χ4v) is 2.80. The average molecular weight is 442 g/mol. The van der Waals surface area contributed by atoms with E-state index in [1.54, 1.807) is 57.5 Å². The summed E-state index contributed by atoms with van der Waals surface area (Å²) in [5, 5.41) is 4.49. The Hall–Kier alpha value is -2.25. The van der Waals surface area contributed by atoms with Gasteiger partial charge in [0.15, 0.2) is 6.61 Å². The molecule has 0 saturated carbocycles. The zero-order valence-electron chi connectivity index (χ0n) is 14.5. The molecule has 2 rings (SSSR count). The second kappa shape index (κ2) is 9.45. The molecule has 8 heteroatoms. The number of nitrogens with one attached hydrogen (secondary N) is 1. The van der Waals surface area contributed by atoms with Crippen LogP contribution in [0.3, 0.4) is 0 Å². The maximum atomic E-state index is 11.9. The molecule has 0 unspecified atom stereocenters. The highest BCUT2D eigenvalue weighted by Gasteiger charge is 2.10. The Labute approximate surface area is 165 Å². The first-order valence-corrected chi connectivity index (χ1v) is 8.75. The van der Waals surface area contributed by atoms with Gasteiger partial charge in [-0.15, -0.1) is 0 Å². The number of carbonyl (C=O) groups is 1. The van der Waals surface area contributed by atoms with E-state index in [1.807, 2.05) is 0 Å². The molecule has 138 valence electrons. The van der Waals surface area contributed by atoms with E-state index >= 15 is 0 Å². The molecular formula is C18H18BrClN2O4. The van der Waals surface area contributed by atoms with Crippen LogP contribution in [0.2, 0.25) is 5.02 Å². The summed E-state index contributed by atoms with van der Waals surface area (Å²) in [7, 11) is 3.13. The molecule has 6 nitrogen and oxygen atoms in total. The molecule has 2 aromatic rings. The molecule has 26 heavy (non-hydrogen) atoms. The normalized spacial score (nSPS) is 11.0. The van der Waals surface area contributed by atoms with Crippen molar-refractivity contribution in [1.29, 1.82) is 0 Å². The van der Waals surface area contributed by atoms with Crippen LogP contribution >= 0.6 is 27.5 Å². The van der Waals surface area contributed by atoms with Crippen LogP contribution in [0.15, 0.2) is 46.0 Å². The van der Waals surface area contributed by atoms with Gasteiger partial charge in [-0.1, -0.05) is 27.5 Å². The minimum absolute atomic E-state index is 0.210. The van der Waals surface area contributed by atoms with Gasteiger partial charge in [-0.3, -0.25) is 4.79 Å². The van der Waals surface area contributed by atoms with Crippen molar-refractivity contribution in [2.75, 3.05) is 20.8 Å². The molecule has 0 saturated heterocycles. The van der Waals surface area contributed by atoms with Gasteiger partial charge in [0.2, 0.25) is 0 Å². The number of ether oxygens (including phenoxy) is 3. The lowest BCUT2D eigenvalue weighted by atomic mass is 10.1. The Morgan fingerprint density at radius 2 is 1.92 bits per heavy atom. The molecule has 0 aliphatic heterocycles. The molecule has 1 amide bonds. The fourth-order valence-electron chi connectivity index (χ4n) is 2.07. The van der Waals surface area contributed by atoms with Crippen molar-refractivity contribution in [3.05, 3.63) is 51.5 Å². The Kier molecular flexibility index (Phi) is 7.29. The van der Waals surface area contributed by atoms with Crippen LogP contribution in [-0.4, -0.2) is 32.4 Å². The van der Waals surface area contributed by atoms with Gasteiger partial charge in [0.1, 0.15) is 17.2 Å². The van der Waals surface area contributed by atoms with Crippen LogP contribution in [0.4, 0.5) is 0 Å². The van der Waals surface area contributed by atoms with Gasteiger partial charge in [0, 0.05) is 16.1 Å². The monoisotopic (exact) mass is 440 g/mol. The van der Waals surface area contributed by atoms with Gasteiger partial charge >= 0.3 is 0 Å². The van der Waals surface area contributed by atoms with Gasteiger partial charge in [-0.2, -0.15) is 5.10 Å². The number of amides is 1. The summed E-state index contributed by atoms with van der Waals surface area (Å²) in [5.74, 6) is 1.28. The van der Waals surface area contributed by atoms with E-state index in [-0.39, 0.29) is 6.61 Å². The predicted octanol–water partition coefficient (Wildman–Crippen LogP) is 4.04. The van der Waals surface area contributed by atoms with E-state index < -0.39 is 5.91 Å². The second-order valence-corrected chi connectivity index (χ2v) is 6.48. The molecule has 0 bridgehead atoms. The molecular weight excluding hydrogens is 424 g/mol. The molecule has 0 heterocycles. The van der Waals surface area contributed by atoms with Gasteiger partial charge in [0.05, 0.1) is 25.0 Å². The van der Waals surface area contributed by atoms with Gasteiger partial charge in [-0.05, 0) is 37.3 Å². The van der Waals surface area contributed by atoms with Crippen molar-refractivity contribution >= 4 is 39.1 Å². The molecule has 0 fully saturated rings. The highest BCUT2D eigenvalue weighted by atomic mass is 79.9. The molecule has 0 aromatic heterocycles. The number of carbonyl (C=O) groups excluding carboxylic acids is 1. The maximum absolute atomic E-state index is 11.9. The lowest BCUT2D eigenvalue weighted by Gasteiger charge is -2.10. The Morgan fingerprint density at radius 1 is 1.15 bits per heavy atom. The zero-order chi connectivity index (χ0) is 19.1. The molecule has 2 aromatic carbocycles. The van der Waals surface area contributed by atoms with Crippen LogP contribution in [0.1, 0.15) is 12.5 Å². The molecule has 1 N–H and O–H groups in total. The third-order valence-electron chi connectivity index (χ3n) is 3.40. The second-order valence-electron chi connectivity index (χ2n) is 5.16. The van der Waals surface area contributed by atoms with Crippen molar-refractivity contribution in [1.82, 2.24) is 5.43 Å². The van der Waals surface area contributed by atoms with Crippen molar-refractivity contribution < 1.29 is 19.0 Å². The van der Waals surface area contributed by atoms with Crippen LogP contribution in [0, 0.1) is 0 Å². The molecule has 0 aliphatic rings. The third-order valence-corrected chi connectivity index (χ3v) is 4.19. The van der Waals surface area contributed by atoms with Crippen LogP contribution in [-0.2, 0) is 4.79 Å². The van der Waals surface area contributed by atoms with E-state index in [0.29, 0.717) is 28.0 Å². The highest BCUT2D eigenvalue weighted by Crippen LogP contribution is 2.27. The van der Waals surface area contributed by atoms with E-state index in [4.69, 9.17) is 25.8 Å². The summed E-state index contributed by atoms with van der Waals surface area (Å²) in [5.41, 5.74) is 3.77. The number of hydrogen-bond donors (Lipinski definition) is 1. The lowest BCUT2D eigenvalue weighted by molar-refractivity contribution is -0.123. The van der Waals surface area contributed by atoms with Crippen molar-refractivity contribution in [2.24, 2.45) is 5.10 Å². The van der Waals surface area contributed by atoms with Crippen molar-refractivity contribution in [2.45, 2.75) is 6.92 Å². The number of nitrogens with zero attached hydrogens (tertiary/aromatic N) is 1. The molecule has 0 spiro atoms. The summed E-state index contributed by atoms with van der Waals surface area (Å²) in [6.07, 6.45) is 0. The van der Waals surface area contributed by atoms with E-state index in [9.17, 15) is 4.79 Å². The number of hydrogen-bond acceptors (Lipinski definition) is 5. The lowest BCUT2D eigenvalue weighted by Crippen LogP contribution is -2.25. The third kappa shape index (κ3) is 5.37. The van der Waals surface area contributed by atoms with E-state index in [0.717, 1.165) is 10.0 Å². The minimum Gasteiger partial charge on any atom is -0.497 e. The largest absolute Gasteiger partial charge is 0.497 e. The molecule has 0 atom stereocenters. The first-order valence-electron chi connectivity index (χ1n) is 7.58. The summed E-state index contributed by atoms with van der Waals surface area (Å²) >= 11 is 9.35. The number of methoxy groups -OCH3 is 2. The maximum Gasteiger partial charge on any atom is 0.277 e. The van der Waals surface area contributed by atoms with E-state index in [2.05, 4.69) is 26.5 Å². The molecule has 0 aliphatic carbocycles. The summed E-state index contributed by atoms with van der Waals surface area (Å²) in [6, 6.07) is 10.5. The smallest absolute Gasteiger partial charge is 0.277 e. The van der Waals surface area contributed by atoms with Gasteiger partial charge in [-0.25, -0.2) is 5.43 Å². The topological polar surface area (TPSA) is 69.2 Å². The van der Waals surface area contributed by atoms with Crippen LogP contribution < -0.4 is 19.6 Å². The SMILES string of the molecule is COc1ccc(C(C)=NNC(=O)COc2ccc(Br)cc2Cl)c(OC)c1. The number of halogens is 2. The summed E-state index contributed by atoms with van der Waals surface area (Å²) < 4.78 is 16.7. The highest BCUT2D eigenvalue weighted by molar-refractivity contribution is 9.10. The standard InChI is InChI=1S/C18H18BrClN2O4/c1-11(14-6-5-13(24-2)9-17(14)25-3)21-22-18(23)10-26-16-7-4-12(19)8-15(16)20/h4-9H,10H2,1-3H3,(H,22,23). The first-order chi connectivity index (χ1) is 12.4. The quantitative estimate of drug-likeness (QED) is 0.520. The van der Waals surface area contributed by atoms with Gasteiger partial charge in [0.25, 0.3) is 5.91 Å². The van der Waals surface area contributed by atoms with Crippen molar-refractivity contribution in [3.63, 3.8) is 0 Å². The Bertz CT molecular complexity index is 827. The van der Waals surface area contributed by atoms with Crippen LogP contribution in [0.25, 0.3) is 0 Å². The van der Waals surface area contributed by atoms with E-state index in [1.165, 1.54) is 0 Å². The Morgan fingerprint density at radius 3 is 2.58 bits per heavy atom. The average Bonchev–Trinajstić information content (AvgIpc) is 2.64. The number of hydrazone groups is 1. The number of benzene rings is 2. The fraction of sp³-hybridized carbons (Fsp3) is 0.222. The number of rotatable bonds is 7. The first kappa shape index (κ1) is 20.1. The Balaban J connectivity index is 1.98. The summed E-state index contributed by atoms with van der Waals surface area (Å²) in [6.45, 7) is 1.55. The molecule has 0 radical (unpaired) electrons. The van der Waals surface area contributed by atoms with Crippen LogP contribution in [0.5, 0.6) is 17.2 Å². The van der Waals surface area contributed by atoms with Crippen molar-refractivity contribution in [3.8, 4) is 17.2 Å². The minimum atomic E-state index is -0.407.